The molecule has 1 fully saturated rings. The third kappa shape index (κ3) is 3.51. The van der Waals surface area contributed by atoms with Crippen LogP contribution in [0.5, 0.6) is 0 Å². The zero-order valence-corrected chi connectivity index (χ0v) is 14.4. The number of rotatable bonds is 2. The minimum absolute atomic E-state index is 0.0247. The van der Waals surface area contributed by atoms with Crippen molar-refractivity contribution < 1.29 is 13.6 Å². The predicted molar refractivity (Wildman–Crippen MR) is 93.3 cm³/mol. The second-order valence-corrected chi connectivity index (χ2v) is 6.31. The molecule has 126 valence electrons. The quantitative estimate of drug-likeness (QED) is 0.831. The van der Waals surface area contributed by atoms with Gasteiger partial charge in [0.25, 0.3) is 0 Å². The Balaban J connectivity index is 1.63. The SMILES string of the molecule is O=C(Nc1ccccc1Br)N1CCN(c2c(F)cccc2F)CC1. The molecule has 2 aromatic rings. The second-order valence-electron chi connectivity index (χ2n) is 5.45. The lowest BCUT2D eigenvalue weighted by atomic mass is 10.2. The molecule has 0 bridgehead atoms. The van der Waals surface area contributed by atoms with E-state index in [0.717, 1.165) is 4.47 Å². The summed E-state index contributed by atoms with van der Waals surface area (Å²) in [5, 5.41) is 2.83. The molecule has 1 saturated heterocycles. The van der Waals surface area contributed by atoms with Gasteiger partial charge < -0.3 is 15.1 Å². The molecule has 0 spiro atoms. The summed E-state index contributed by atoms with van der Waals surface area (Å²) in [6.07, 6.45) is 0. The maximum atomic E-state index is 13.8. The van der Waals surface area contributed by atoms with Crippen LogP contribution in [0.15, 0.2) is 46.9 Å². The minimum atomic E-state index is -0.582. The monoisotopic (exact) mass is 395 g/mol. The lowest BCUT2D eigenvalue weighted by molar-refractivity contribution is 0.208. The molecule has 1 N–H and O–H groups in total. The Morgan fingerprint density at radius 3 is 2.21 bits per heavy atom. The summed E-state index contributed by atoms with van der Waals surface area (Å²) in [5.41, 5.74) is 0.661. The predicted octanol–water partition coefficient (Wildman–Crippen LogP) is 4.08. The number of nitrogens with one attached hydrogen (secondary N) is 1. The summed E-state index contributed by atoms with van der Waals surface area (Å²) in [5.74, 6) is -1.16. The van der Waals surface area contributed by atoms with Gasteiger partial charge in [-0.1, -0.05) is 18.2 Å². The van der Waals surface area contributed by atoms with Crippen molar-refractivity contribution in [3.63, 3.8) is 0 Å². The van der Waals surface area contributed by atoms with Crippen LogP contribution < -0.4 is 10.2 Å². The Labute approximate surface area is 147 Å². The normalized spacial score (nSPS) is 14.6. The van der Waals surface area contributed by atoms with E-state index in [0.29, 0.717) is 31.9 Å². The molecule has 0 aliphatic carbocycles. The standard InChI is InChI=1S/C17H16BrF2N3O/c18-12-4-1-2-7-15(12)21-17(24)23-10-8-22(9-11-23)16-13(19)5-3-6-14(16)20/h1-7H,8-11H2,(H,21,24). The van der Waals surface area contributed by atoms with Crippen molar-refractivity contribution in [3.05, 3.63) is 58.6 Å². The number of hydrogen-bond acceptors (Lipinski definition) is 2. The van der Waals surface area contributed by atoms with Crippen molar-refractivity contribution in [2.24, 2.45) is 0 Å². The fourth-order valence-corrected chi connectivity index (χ4v) is 3.07. The van der Waals surface area contributed by atoms with Gasteiger partial charge in [-0.2, -0.15) is 0 Å². The van der Waals surface area contributed by atoms with Crippen LogP contribution in [-0.2, 0) is 0 Å². The molecular weight excluding hydrogens is 380 g/mol. The van der Waals surface area contributed by atoms with Gasteiger partial charge in [-0.3, -0.25) is 0 Å². The average Bonchev–Trinajstić information content (AvgIpc) is 2.57. The highest BCUT2D eigenvalue weighted by atomic mass is 79.9. The molecule has 0 atom stereocenters. The molecule has 0 saturated carbocycles. The lowest BCUT2D eigenvalue weighted by Gasteiger charge is -2.36. The van der Waals surface area contributed by atoms with Crippen molar-refractivity contribution in [2.75, 3.05) is 36.4 Å². The molecular formula is C17H16BrF2N3O. The molecule has 7 heteroatoms. The van der Waals surface area contributed by atoms with E-state index >= 15 is 0 Å². The fourth-order valence-electron chi connectivity index (χ4n) is 2.68. The van der Waals surface area contributed by atoms with Crippen LogP contribution in [0, 0.1) is 11.6 Å². The average molecular weight is 396 g/mol. The van der Waals surface area contributed by atoms with E-state index in [-0.39, 0.29) is 11.7 Å². The van der Waals surface area contributed by atoms with E-state index in [2.05, 4.69) is 21.2 Å². The van der Waals surface area contributed by atoms with Crippen LogP contribution in [0.2, 0.25) is 0 Å². The van der Waals surface area contributed by atoms with Gasteiger partial charge >= 0.3 is 6.03 Å². The van der Waals surface area contributed by atoms with Gasteiger partial charge in [-0.15, -0.1) is 0 Å². The van der Waals surface area contributed by atoms with Crippen molar-refractivity contribution in [2.45, 2.75) is 0 Å². The topological polar surface area (TPSA) is 35.6 Å². The van der Waals surface area contributed by atoms with E-state index in [1.165, 1.54) is 18.2 Å². The van der Waals surface area contributed by atoms with Crippen molar-refractivity contribution in [1.29, 1.82) is 0 Å². The van der Waals surface area contributed by atoms with E-state index in [9.17, 15) is 13.6 Å². The summed E-state index contributed by atoms with van der Waals surface area (Å²) >= 11 is 3.38. The molecule has 0 aromatic heterocycles. The summed E-state index contributed by atoms with van der Waals surface area (Å²) in [4.78, 5) is 15.6. The Bertz CT molecular complexity index is 728. The highest BCUT2D eigenvalue weighted by molar-refractivity contribution is 9.10. The first-order valence-electron chi connectivity index (χ1n) is 7.55. The molecule has 4 nitrogen and oxygen atoms in total. The number of nitrogens with zero attached hydrogens (tertiary/aromatic N) is 2. The van der Waals surface area contributed by atoms with E-state index in [1.807, 2.05) is 18.2 Å². The number of amides is 2. The molecule has 24 heavy (non-hydrogen) atoms. The maximum Gasteiger partial charge on any atom is 0.321 e. The third-order valence-electron chi connectivity index (χ3n) is 3.94. The Kier molecular flexibility index (Phi) is 4.99. The Morgan fingerprint density at radius 2 is 1.58 bits per heavy atom. The molecule has 1 heterocycles. The molecule has 3 rings (SSSR count). The van der Waals surface area contributed by atoms with Gasteiger partial charge in [0.1, 0.15) is 17.3 Å². The number of halogens is 3. The van der Waals surface area contributed by atoms with Gasteiger partial charge in [-0.25, -0.2) is 13.6 Å². The first-order valence-corrected chi connectivity index (χ1v) is 8.35. The second kappa shape index (κ2) is 7.17. The highest BCUT2D eigenvalue weighted by Crippen LogP contribution is 2.25. The van der Waals surface area contributed by atoms with E-state index in [4.69, 9.17) is 0 Å². The molecule has 2 aromatic carbocycles. The number of benzene rings is 2. The summed E-state index contributed by atoms with van der Waals surface area (Å²) < 4.78 is 28.5. The molecule has 1 aliphatic heterocycles. The van der Waals surface area contributed by atoms with Crippen LogP contribution in [0.3, 0.4) is 0 Å². The minimum Gasteiger partial charge on any atom is -0.363 e. The van der Waals surface area contributed by atoms with Crippen molar-refractivity contribution >= 4 is 33.3 Å². The van der Waals surface area contributed by atoms with E-state index < -0.39 is 11.6 Å². The van der Waals surface area contributed by atoms with Crippen LogP contribution >= 0.6 is 15.9 Å². The Hall–Kier alpha value is -2.15. The smallest absolute Gasteiger partial charge is 0.321 e. The van der Waals surface area contributed by atoms with Gasteiger partial charge in [-0.05, 0) is 40.2 Å². The van der Waals surface area contributed by atoms with Crippen LogP contribution in [-0.4, -0.2) is 37.1 Å². The van der Waals surface area contributed by atoms with Crippen molar-refractivity contribution in [3.8, 4) is 0 Å². The molecule has 0 unspecified atom stereocenters. The first kappa shape index (κ1) is 16.7. The van der Waals surface area contributed by atoms with Crippen LogP contribution in [0.4, 0.5) is 25.0 Å². The van der Waals surface area contributed by atoms with Gasteiger partial charge in [0.05, 0.1) is 5.69 Å². The maximum absolute atomic E-state index is 13.8. The number of hydrogen-bond donors (Lipinski definition) is 1. The third-order valence-corrected chi connectivity index (χ3v) is 4.63. The number of para-hydroxylation sites is 2. The van der Waals surface area contributed by atoms with Gasteiger partial charge in [0.2, 0.25) is 0 Å². The Morgan fingerprint density at radius 1 is 0.958 bits per heavy atom. The summed E-state index contributed by atoms with van der Waals surface area (Å²) in [7, 11) is 0. The van der Waals surface area contributed by atoms with Gasteiger partial charge in [0.15, 0.2) is 0 Å². The van der Waals surface area contributed by atoms with E-state index in [1.54, 1.807) is 15.9 Å². The van der Waals surface area contributed by atoms with Crippen LogP contribution in [0.25, 0.3) is 0 Å². The fraction of sp³-hybridized carbons (Fsp3) is 0.235. The molecule has 1 aliphatic rings. The number of carbonyl (C=O) groups excluding carboxylic acids is 1. The lowest BCUT2D eigenvalue weighted by Crippen LogP contribution is -2.50. The number of anilines is 2. The zero-order chi connectivity index (χ0) is 17.1. The van der Waals surface area contributed by atoms with Gasteiger partial charge in [0, 0.05) is 30.7 Å². The number of urea groups is 1. The highest BCUT2D eigenvalue weighted by Gasteiger charge is 2.25. The number of piperazine rings is 1. The van der Waals surface area contributed by atoms with Crippen LogP contribution in [0.1, 0.15) is 0 Å². The zero-order valence-electron chi connectivity index (χ0n) is 12.8. The summed E-state index contributed by atoms with van der Waals surface area (Å²) in [6.45, 7) is 1.54. The molecule has 2 amide bonds. The number of carbonyl (C=O) groups is 1. The van der Waals surface area contributed by atoms with Crippen molar-refractivity contribution in [1.82, 2.24) is 4.90 Å². The molecule has 0 radical (unpaired) electrons. The first-order chi connectivity index (χ1) is 11.6. The summed E-state index contributed by atoms with van der Waals surface area (Å²) in [6, 6.07) is 10.9. The largest absolute Gasteiger partial charge is 0.363 e.